The highest BCUT2D eigenvalue weighted by atomic mass is 32.2. The monoisotopic (exact) mass is 484 g/mol. The van der Waals surface area contributed by atoms with Gasteiger partial charge in [-0.15, -0.1) is 0 Å². The highest BCUT2D eigenvalue weighted by Gasteiger charge is 2.30. The summed E-state index contributed by atoms with van der Waals surface area (Å²) < 4.78 is 60.6. The number of piperidine rings is 1. The number of Topliss-reactive ketones (excluding diaryl/α,β-unsaturated/α-hetero) is 1. The molecule has 180 valence electrons. The van der Waals surface area contributed by atoms with E-state index in [1.807, 2.05) is 0 Å². The molecule has 33 heavy (non-hydrogen) atoms. The number of hydrogen-bond acceptors (Lipinski definition) is 6. The summed E-state index contributed by atoms with van der Waals surface area (Å²) in [7, 11) is -3.29. The van der Waals surface area contributed by atoms with Gasteiger partial charge in [0.25, 0.3) is 0 Å². The molecule has 2 heterocycles. The first kappa shape index (κ1) is 24.8. The van der Waals surface area contributed by atoms with Crippen LogP contribution in [-0.4, -0.2) is 61.6 Å². The topological polar surface area (TPSA) is 94.9 Å². The molecule has 0 aliphatic carbocycles. The highest BCUT2D eigenvalue weighted by molar-refractivity contribution is 7.88. The lowest BCUT2D eigenvalue weighted by molar-refractivity contribution is -0.148. The second-order valence-corrected chi connectivity index (χ2v) is 9.94. The molecule has 0 atom stereocenters. The minimum atomic E-state index is -3.29. The first-order valence-corrected chi connectivity index (χ1v) is 12.2. The third kappa shape index (κ3) is 5.97. The number of halogens is 2. The van der Waals surface area contributed by atoms with Crippen molar-refractivity contribution in [1.82, 2.24) is 8.87 Å². The fourth-order valence-electron chi connectivity index (χ4n) is 3.97. The van der Waals surface area contributed by atoms with Crippen molar-refractivity contribution >= 4 is 21.8 Å². The maximum atomic E-state index is 12.7. The number of nitrogens with zero attached hydrogens (tertiary/aromatic N) is 2. The molecule has 1 aliphatic heterocycles. The van der Waals surface area contributed by atoms with E-state index in [0.29, 0.717) is 29.8 Å². The van der Waals surface area contributed by atoms with Gasteiger partial charge in [-0.3, -0.25) is 9.59 Å². The molecule has 0 saturated carbocycles. The Labute approximate surface area is 191 Å². The van der Waals surface area contributed by atoms with Gasteiger partial charge >= 0.3 is 12.6 Å². The Morgan fingerprint density at radius 3 is 2.27 bits per heavy atom. The number of sulfonamides is 1. The zero-order valence-electron chi connectivity index (χ0n) is 18.6. The van der Waals surface area contributed by atoms with E-state index in [9.17, 15) is 26.8 Å². The van der Waals surface area contributed by atoms with Crippen LogP contribution in [0.3, 0.4) is 0 Å². The number of carbonyl (C=O) groups is 2. The molecule has 0 amide bonds. The van der Waals surface area contributed by atoms with E-state index in [1.165, 1.54) is 16.4 Å². The van der Waals surface area contributed by atoms with Crippen LogP contribution >= 0.6 is 0 Å². The molecule has 1 saturated heterocycles. The Balaban J connectivity index is 1.63. The van der Waals surface area contributed by atoms with Crippen LogP contribution in [0.1, 0.15) is 34.6 Å². The number of hydrogen-bond donors (Lipinski definition) is 0. The fourth-order valence-corrected chi connectivity index (χ4v) is 4.85. The second-order valence-electron chi connectivity index (χ2n) is 7.96. The molecule has 0 N–H and O–H groups in total. The van der Waals surface area contributed by atoms with Gasteiger partial charge in [0.1, 0.15) is 5.75 Å². The summed E-state index contributed by atoms with van der Waals surface area (Å²) in [5, 5.41) is 0. The molecule has 0 spiro atoms. The Hall–Kier alpha value is -2.79. The number of carbonyl (C=O) groups excluding carboxylic acids is 2. The minimum Gasteiger partial charge on any atom is -0.457 e. The lowest BCUT2D eigenvalue weighted by Crippen LogP contribution is -2.40. The Bertz CT molecular complexity index is 1120. The first-order chi connectivity index (χ1) is 15.5. The number of benzene rings is 1. The fraction of sp³-hybridized carbons (Fsp3) is 0.455. The molecule has 8 nitrogen and oxygen atoms in total. The van der Waals surface area contributed by atoms with Crippen molar-refractivity contribution in [3.63, 3.8) is 0 Å². The largest absolute Gasteiger partial charge is 0.457 e. The molecule has 0 radical (unpaired) electrons. The van der Waals surface area contributed by atoms with Crippen molar-refractivity contribution in [2.45, 2.75) is 33.3 Å². The molecule has 1 fully saturated rings. The van der Waals surface area contributed by atoms with E-state index in [-0.39, 0.29) is 24.6 Å². The number of ether oxygens (including phenoxy) is 2. The molecule has 3 rings (SSSR count). The number of esters is 1. The van der Waals surface area contributed by atoms with E-state index in [2.05, 4.69) is 4.74 Å². The van der Waals surface area contributed by atoms with Crippen molar-refractivity contribution in [1.29, 1.82) is 0 Å². The van der Waals surface area contributed by atoms with Crippen LogP contribution < -0.4 is 4.74 Å². The number of aryl methyl sites for hydroxylation is 1. The summed E-state index contributed by atoms with van der Waals surface area (Å²) >= 11 is 0. The van der Waals surface area contributed by atoms with Crippen LogP contribution in [0, 0.1) is 19.8 Å². The number of alkyl halides is 2. The zero-order chi connectivity index (χ0) is 24.3. The van der Waals surface area contributed by atoms with Gasteiger partial charge in [-0.25, -0.2) is 12.7 Å². The smallest absolute Gasteiger partial charge is 0.387 e. The first-order valence-electron chi connectivity index (χ1n) is 10.4. The summed E-state index contributed by atoms with van der Waals surface area (Å²) in [6.07, 6.45) is 1.83. The van der Waals surface area contributed by atoms with Crippen LogP contribution in [0.4, 0.5) is 8.78 Å². The van der Waals surface area contributed by atoms with Crippen molar-refractivity contribution < 1.29 is 36.3 Å². The van der Waals surface area contributed by atoms with Crippen molar-refractivity contribution in [2.24, 2.45) is 5.92 Å². The highest BCUT2D eigenvalue weighted by Crippen LogP contribution is 2.25. The minimum absolute atomic E-state index is 0.0294. The van der Waals surface area contributed by atoms with Gasteiger partial charge in [-0.1, -0.05) is 0 Å². The molecule has 0 unspecified atom stereocenters. The van der Waals surface area contributed by atoms with Crippen LogP contribution in [0.2, 0.25) is 0 Å². The van der Waals surface area contributed by atoms with Crippen LogP contribution in [-0.2, 0) is 19.6 Å². The van der Waals surface area contributed by atoms with Crippen LogP contribution in [0.25, 0.3) is 5.69 Å². The standard InChI is InChI=1S/C22H26F2N2O6S/c1-14-12-19(15(2)26(14)17-4-6-18(7-5-17)32-22(23)24)20(27)13-31-21(28)16-8-10-25(11-9-16)33(3,29)30/h4-7,12,16,22H,8-11,13H2,1-3H3. The molecule has 0 bridgehead atoms. The van der Waals surface area contributed by atoms with E-state index in [0.717, 1.165) is 11.9 Å². The van der Waals surface area contributed by atoms with Gasteiger partial charge in [0.05, 0.1) is 12.2 Å². The summed E-state index contributed by atoms with van der Waals surface area (Å²) in [6.45, 7) is 0.701. The summed E-state index contributed by atoms with van der Waals surface area (Å²) in [4.78, 5) is 25.1. The lowest BCUT2D eigenvalue weighted by atomic mass is 9.98. The van der Waals surface area contributed by atoms with Gasteiger partial charge in [0.2, 0.25) is 15.8 Å². The van der Waals surface area contributed by atoms with Crippen molar-refractivity contribution in [3.05, 3.63) is 47.3 Å². The van der Waals surface area contributed by atoms with Gasteiger partial charge in [-0.05, 0) is 57.0 Å². The summed E-state index contributed by atoms with van der Waals surface area (Å²) in [5.74, 6) is -1.30. The van der Waals surface area contributed by atoms with E-state index in [1.54, 1.807) is 36.6 Å². The van der Waals surface area contributed by atoms with Gasteiger partial charge in [-0.2, -0.15) is 8.78 Å². The van der Waals surface area contributed by atoms with Gasteiger partial charge < -0.3 is 14.0 Å². The van der Waals surface area contributed by atoms with Crippen LogP contribution in [0.5, 0.6) is 5.75 Å². The average molecular weight is 485 g/mol. The molecule has 1 aromatic carbocycles. The maximum absolute atomic E-state index is 12.7. The zero-order valence-corrected chi connectivity index (χ0v) is 19.4. The predicted octanol–water partition coefficient (Wildman–Crippen LogP) is 3.09. The molecular weight excluding hydrogens is 458 g/mol. The quantitative estimate of drug-likeness (QED) is 0.422. The van der Waals surface area contributed by atoms with Crippen molar-refractivity contribution in [3.8, 4) is 11.4 Å². The predicted molar refractivity (Wildman–Crippen MR) is 116 cm³/mol. The SMILES string of the molecule is Cc1cc(C(=O)COC(=O)C2CCN(S(C)(=O)=O)CC2)c(C)n1-c1ccc(OC(F)F)cc1. The van der Waals surface area contributed by atoms with E-state index < -0.39 is 35.1 Å². The lowest BCUT2D eigenvalue weighted by Gasteiger charge is -2.28. The number of rotatable bonds is 8. The van der Waals surface area contributed by atoms with Gasteiger partial charge in [0, 0.05) is 35.7 Å². The molecule has 2 aromatic rings. The van der Waals surface area contributed by atoms with Crippen molar-refractivity contribution in [2.75, 3.05) is 26.0 Å². The normalized spacial score (nSPS) is 15.6. The van der Waals surface area contributed by atoms with E-state index in [4.69, 9.17) is 4.74 Å². The Morgan fingerprint density at radius 2 is 1.73 bits per heavy atom. The molecule has 11 heteroatoms. The second kappa shape index (κ2) is 10.0. The Kier molecular flexibility index (Phi) is 7.53. The average Bonchev–Trinajstić information content (AvgIpc) is 3.05. The van der Waals surface area contributed by atoms with Crippen LogP contribution in [0.15, 0.2) is 30.3 Å². The molecule has 1 aliphatic rings. The molecular formula is C22H26F2N2O6S. The third-order valence-corrected chi connectivity index (χ3v) is 6.96. The summed E-state index contributed by atoms with van der Waals surface area (Å²) in [6, 6.07) is 7.72. The maximum Gasteiger partial charge on any atom is 0.387 e. The summed E-state index contributed by atoms with van der Waals surface area (Å²) in [5.41, 5.74) is 2.43. The number of ketones is 1. The third-order valence-electron chi connectivity index (χ3n) is 5.65. The molecule has 1 aromatic heterocycles. The van der Waals surface area contributed by atoms with Gasteiger partial charge in [0.15, 0.2) is 6.61 Å². The van der Waals surface area contributed by atoms with E-state index >= 15 is 0 Å². The Morgan fingerprint density at radius 1 is 1.12 bits per heavy atom. The number of aromatic nitrogens is 1.